The van der Waals surface area contributed by atoms with E-state index in [1.165, 1.54) is 77.0 Å². The topological polar surface area (TPSA) is 58.9 Å². The van der Waals surface area contributed by atoms with Crippen LogP contribution in [0.4, 0.5) is 0 Å². The first kappa shape index (κ1) is 70.5. The molecule has 498 valence electrons. The summed E-state index contributed by atoms with van der Waals surface area (Å²) in [5, 5.41) is 24.6. The number of aliphatic hydroxyl groups is 2. The molecule has 11 aromatic rings. The van der Waals surface area contributed by atoms with Gasteiger partial charge in [-0.2, -0.15) is 0 Å². The fourth-order valence-corrected chi connectivity index (χ4v) is 12.7. The van der Waals surface area contributed by atoms with Gasteiger partial charge in [0.05, 0.1) is 24.3 Å². The minimum absolute atomic E-state index is 0.589. The van der Waals surface area contributed by atoms with Crippen molar-refractivity contribution in [1.29, 1.82) is 0 Å². The largest absolute Gasteiger partial charge is 0.492 e. The van der Waals surface area contributed by atoms with E-state index in [4.69, 9.17) is 9.47 Å². The lowest BCUT2D eigenvalue weighted by Crippen LogP contribution is -2.28. The van der Waals surface area contributed by atoms with Gasteiger partial charge in [-0.25, -0.2) is 0 Å². The Balaban J connectivity index is 0.780. The summed E-state index contributed by atoms with van der Waals surface area (Å²) in [5.41, 5.74) is 13.5. The summed E-state index contributed by atoms with van der Waals surface area (Å²) < 4.78 is 13.3. The second-order valence-electron chi connectivity index (χ2n) is 25.8. The zero-order valence-corrected chi connectivity index (χ0v) is 58.0. The highest BCUT2D eigenvalue weighted by molar-refractivity contribution is 5.68. The van der Waals surface area contributed by atoms with E-state index >= 15 is 0 Å². The molecule has 0 radical (unpaired) electrons. The van der Waals surface area contributed by atoms with E-state index in [9.17, 15) is 10.2 Å². The molecule has 0 saturated heterocycles. The molecule has 0 aromatic heterocycles. The molecule has 0 saturated carbocycles. The smallest absolute Gasteiger partial charge is 0.140 e. The standard InChI is InChI=1S/C96H90O4/c1-3-5-7-9-11-13-15-29-71-99-93-73-86(62-56-78-47-41-76(42-48-78)44-50-80-53-59-82(60-54-80)84-65-69-92(70-66-84)96(98,89-35-25-19-26-36-89)90-37-27-20-28-38-90)94(100-72-30-16-14-12-10-8-6-4-2)74-85(93)61-55-77-45-39-75(40-46-77)43-49-79-51-57-81(58-52-79)83-63-67-91(68-64-83)95(97,87-31-21-17-22-32-87)88-33-23-18-24-34-88/h17-28,31-42,45-48,51-54,57-60,63-70,73-74,97-98H,3-16,29-30,71-72H2,1-2H3. The number of hydrogen-bond donors (Lipinski definition) is 2. The van der Waals surface area contributed by atoms with E-state index in [2.05, 4.69) is 134 Å². The van der Waals surface area contributed by atoms with Gasteiger partial charge in [0.25, 0.3) is 0 Å². The highest BCUT2D eigenvalue weighted by atomic mass is 16.5. The van der Waals surface area contributed by atoms with Gasteiger partial charge >= 0.3 is 0 Å². The SMILES string of the molecule is CCCCCCCCCCOc1cc(C#Cc2ccc(C#Cc3ccc(-c4ccc(C(O)(c5ccccc5)c5ccccc5)cc4)cc3)cc2)c(OCCCCCCCCCC)cc1C#Cc1ccc(C#Cc2ccc(-c3ccc(C(O)(c4ccccc4)c4ccccc4)cc3)cc2)cc1. The summed E-state index contributed by atoms with van der Waals surface area (Å²) >= 11 is 0. The van der Waals surface area contributed by atoms with Crippen molar-refractivity contribution in [3.63, 3.8) is 0 Å². The summed E-state index contributed by atoms with van der Waals surface area (Å²) in [6.07, 6.45) is 19.4. The minimum Gasteiger partial charge on any atom is -0.492 e. The number of rotatable bonds is 28. The highest BCUT2D eigenvalue weighted by Gasteiger charge is 2.35. The van der Waals surface area contributed by atoms with Crippen LogP contribution in [-0.2, 0) is 11.2 Å². The van der Waals surface area contributed by atoms with Crippen molar-refractivity contribution in [3.05, 3.63) is 357 Å². The van der Waals surface area contributed by atoms with Crippen LogP contribution in [0, 0.1) is 47.4 Å². The third-order valence-electron chi connectivity index (χ3n) is 18.6. The highest BCUT2D eigenvalue weighted by Crippen LogP contribution is 2.40. The lowest BCUT2D eigenvalue weighted by atomic mass is 9.80. The van der Waals surface area contributed by atoms with E-state index in [1.54, 1.807) is 0 Å². The van der Waals surface area contributed by atoms with Crippen LogP contribution < -0.4 is 9.47 Å². The summed E-state index contributed by atoms with van der Waals surface area (Å²) in [6, 6.07) is 92.6. The molecular weight excluding hydrogens is 1220 g/mol. The van der Waals surface area contributed by atoms with Gasteiger partial charge in [0.1, 0.15) is 22.7 Å². The van der Waals surface area contributed by atoms with Gasteiger partial charge in [0, 0.05) is 45.5 Å². The molecule has 4 heteroatoms. The Hall–Kier alpha value is -10.8. The second kappa shape index (κ2) is 36.7. The van der Waals surface area contributed by atoms with E-state index in [1.807, 2.05) is 206 Å². The number of ether oxygens (including phenoxy) is 2. The molecule has 0 amide bonds. The first-order chi connectivity index (χ1) is 49.3. The molecule has 2 N–H and O–H groups in total. The van der Waals surface area contributed by atoms with Gasteiger partial charge in [0.15, 0.2) is 0 Å². The summed E-state index contributed by atoms with van der Waals surface area (Å²) in [7, 11) is 0. The average molecular weight is 1310 g/mol. The Kier molecular flexibility index (Phi) is 25.9. The predicted octanol–water partition coefficient (Wildman–Crippen LogP) is 22.2. The van der Waals surface area contributed by atoms with Crippen molar-refractivity contribution in [2.24, 2.45) is 0 Å². The molecule has 100 heavy (non-hydrogen) atoms. The molecule has 0 aliphatic heterocycles. The zero-order valence-electron chi connectivity index (χ0n) is 58.0. The van der Waals surface area contributed by atoms with Crippen LogP contribution in [0.25, 0.3) is 22.3 Å². The fraction of sp³-hybridized carbons (Fsp3) is 0.229. The predicted molar refractivity (Wildman–Crippen MR) is 413 cm³/mol. The van der Waals surface area contributed by atoms with E-state index in [0.717, 1.165) is 126 Å². The van der Waals surface area contributed by atoms with Crippen molar-refractivity contribution >= 4 is 0 Å². The van der Waals surface area contributed by atoms with Gasteiger partial charge in [-0.15, -0.1) is 0 Å². The van der Waals surface area contributed by atoms with Crippen LogP contribution >= 0.6 is 0 Å². The Morgan fingerprint density at radius 2 is 0.450 bits per heavy atom. The molecule has 4 nitrogen and oxygen atoms in total. The Bertz CT molecular complexity index is 4210. The van der Waals surface area contributed by atoms with Gasteiger partial charge in [-0.3, -0.25) is 0 Å². The minimum atomic E-state index is -1.29. The summed E-state index contributed by atoms with van der Waals surface area (Å²) in [5.74, 6) is 28.7. The molecule has 0 aliphatic carbocycles. The average Bonchev–Trinajstić information content (AvgIpc) is 0.774. The summed E-state index contributed by atoms with van der Waals surface area (Å²) in [4.78, 5) is 0. The van der Waals surface area contributed by atoms with Gasteiger partial charge in [-0.05, 0) is 141 Å². The van der Waals surface area contributed by atoms with Crippen molar-refractivity contribution in [1.82, 2.24) is 0 Å². The van der Waals surface area contributed by atoms with E-state index < -0.39 is 11.2 Å². The fourth-order valence-electron chi connectivity index (χ4n) is 12.7. The normalized spacial score (nSPS) is 11.0. The molecule has 0 heterocycles. The monoisotopic (exact) mass is 1310 g/mol. The molecule has 11 aromatic carbocycles. The van der Waals surface area contributed by atoms with E-state index in [-0.39, 0.29) is 0 Å². The van der Waals surface area contributed by atoms with Gasteiger partial charge < -0.3 is 19.7 Å². The van der Waals surface area contributed by atoms with Crippen molar-refractivity contribution < 1.29 is 19.7 Å². The number of hydrogen-bond acceptors (Lipinski definition) is 4. The molecule has 0 unspecified atom stereocenters. The Morgan fingerprint density at radius 3 is 0.710 bits per heavy atom. The first-order valence-corrected chi connectivity index (χ1v) is 36.1. The molecule has 0 spiro atoms. The number of unbranched alkanes of at least 4 members (excludes halogenated alkanes) is 14. The number of benzene rings is 11. The van der Waals surface area contributed by atoms with Crippen LogP contribution in [0.5, 0.6) is 11.5 Å². The maximum Gasteiger partial charge on any atom is 0.140 e. The molecular formula is C96H90O4. The van der Waals surface area contributed by atoms with Crippen molar-refractivity contribution in [2.75, 3.05) is 13.2 Å². The third-order valence-corrected chi connectivity index (χ3v) is 18.6. The zero-order chi connectivity index (χ0) is 68.9. The van der Waals surface area contributed by atoms with E-state index in [0.29, 0.717) is 24.7 Å². The maximum absolute atomic E-state index is 12.3. The van der Waals surface area contributed by atoms with Gasteiger partial charge in [-0.1, -0.05) is 345 Å². The van der Waals surface area contributed by atoms with Gasteiger partial charge in [0.2, 0.25) is 0 Å². The quantitative estimate of drug-likeness (QED) is 0.0291. The molecule has 0 fully saturated rings. The Morgan fingerprint density at radius 1 is 0.240 bits per heavy atom. The first-order valence-electron chi connectivity index (χ1n) is 36.1. The molecule has 0 atom stereocenters. The lowest BCUT2D eigenvalue weighted by Gasteiger charge is -2.30. The Labute approximate surface area is 595 Å². The second-order valence-corrected chi connectivity index (χ2v) is 25.8. The van der Waals surface area contributed by atoms with Crippen molar-refractivity contribution in [3.8, 4) is 81.1 Å². The molecule has 0 aliphatic rings. The van der Waals surface area contributed by atoms with Crippen LogP contribution in [0.2, 0.25) is 0 Å². The molecule has 0 bridgehead atoms. The van der Waals surface area contributed by atoms with Crippen LogP contribution in [0.3, 0.4) is 0 Å². The van der Waals surface area contributed by atoms with Crippen LogP contribution in [0.1, 0.15) is 194 Å². The maximum atomic E-state index is 12.3. The third kappa shape index (κ3) is 19.3. The lowest BCUT2D eigenvalue weighted by molar-refractivity contribution is 0.125. The van der Waals surface area contributed by atoms with Crippen molar-refractivity contribution in [2.45, 2.75) is 128 Å². The molecule has 11 rings (SSSR count). The summed E-state index contributed by atoms with van der Waals surface area (Å²) in [6.45, 7) is 5.71. The van der Waals surface area contributed by atoms with Crippen LogP contribution in [0.15, 0.2) is 279 Å². The van der Waals surface area contributed by atoms with Crippen LogP contribution in [-0.4, -0.2) is 23.4 Å².